The molecule has 2 amide bonds. The first-order valence-electron chi connectivity index (χ1n) is 10.0. The SMILES string of the molecule is CC(NC(=O)/C=C/c1ccc(OCc2cccnc2)cc1)C(=O)NCc1ccccc1. The van der Waals surface area contributed by atoms with E-state index in [2.05, 4.69) is 15.6 Å². The van der Waals surface area contributed by atoms with Crippen LogP contribution in [0.25, 0.3) is 6.08 Å². The maximum absolute atomic E-state index is 12.2. The molecule has 0 saturated heterocycles. The minimum atomic E-state index is -0.635. The average Bonchev–Trinajstić information content (AvgIpc) is 2.82. The van der Waals surface area contributed by atoms with E-state index in [-0.39, 0.29) is 11.8 Å². The van der Waals surface area contributed by atoms with Crippen LogP contribution in [0.2, 0.25) is 0 Å². The summed E-state index contributed by atoms with van der Waals surface area (Å²) in [5.41, 5.74) is 2.84. The van der Waals surface area contributed by atoms with E-state index in [0.717, 1.165) is 22.4 Å². The Morgan fingerprint density at radius 1 is 1.00 bits per heavy atom. The van der Waals surface area contributed by atoms with Crippen molar-refractivity contribution >= 4 is 17.9 Å². The van der Waals surface area contributed by atoms with Gasteiger partial charge in [0.05, 0.1) is 0 Å². The number of carbonyl (C=O) groups excluding carboxylic acids is 2. The topological polar surface area (TPSA) is 80.3 Å². The fraction of sp³-hybridized carbons (Fsp3) is 0.160. The molecule has 1 heterocycles. The summed E-state index contributed by atoms with van der Waals surface area (Å²) in [5, 5.41) is 5.48. The second-order valence-corrected chi connectivity index (χ2v) is 6.99. The van der Waals surface area contributed by atoms with E-state index in [1.165, 1.54) is 6.08 Å². The molecule has 1 aromatic heterocycles. The molecule has 2 aromatic carbocycles. The zero-order valence-electron chi connectivity index (χ0n) is 17.3. The van der Waals surface area contributed by atoms with Crippen LogP contribution in [0.3, 0.4) is 0 Å². The number of aromatic nitrogens is 1. The molecule has 0 spiro atoms. The lowest BCUT2D eigenvalue weighted by Crippen LogP contribution is -2.44. The fourth-order valence-electron chi connectivity index (χ4n) is 2.76. The summed E-state index contributed by atoms with van der Waals surface area (Å²) in [4.78, 5) is 28.3. The van der Waals surface area contributed by atoms with E-state index < -0.39 is 6.04 Å². The maximum atomic E-state index is 12.2. The van der Waals surface area contributed by atoms with Crippen LogP contribution in [0.5, 0.6) is 5.75 Å². The highest BCUT2D eigenvalue weighted by Gasteiger charge is 2.13. The summed E-state index contributed by atoms with van der Waals surface area (Å²) in [5.74, 6) is 0.161. The predicted octanol–water partition coefficient (Wildman–Crippen LogP) is 3.49. The van der Waals surface area contributed by atoms with E-state index in [4.69, 9.17) is 4.74 Å². The van der Waals surface area contributed by atoms with Gasteiger partial charge in [-0.25, -0.2) is 0 Å². The Hall–Kier alpha value is -3.93. The van der Waals surface area contributed by atoms with Gasteiger partial charge in [0.2, 0.25) is 11.8 Å². The molecule has 0 radical (unpaired) electrons. The van der Waals surface area contributed by atoms with Gasteiger partial charge < -0.3 is 15.4 Å². The summed E-state index contributed by atoms with van der Waals surface area (Å²) in [7, 11) is 0. The van der Waals surface area contributed by atoms with Gasteiger partial charge >= 0.3 is 0 Å². The largest absolute Gasteiger partial charge is 0.489 e. The van der Waals surface area contributed by atoms with Crippen LogP contribution in [0.4, 0.5) is 0 Å². The summed E-state index contributed by atoms with van der Waals surface area (Å²) < 4.78 is 5.72. The van der Waals surface area contributed by atoms with Crippen molar-refractivity contribution in [3.05, 3.63) is 102 Å². The van der Waals surface area contributed by atoms with Gasteiger partial charge in [-0.2, -0.15) is 0 Å². The van der Waals surface area contributed by atoms with Gasteiger partial charge in [-0.1, -0.05) is 48.5 Å². The molecule has 6 heteroatoms. The lowest BCUT2D eigenvalue weighted by molar-refractivity contribution is -0.126. The Balaban J connectivity index is 1.42. The molecule has 158 valence electrons. The molecule has 0 fully saturated rings. The Morgan fingerprint density at radius 3 is 2.45 bits per heavy atom. The van der Waals surface area contributed by atoms with Crippen LogP contribution in [-0.2, 0) is 22.7 Å². The van der Waals surface area contributed by atoms with Crippen molar-refractivity contribution in [3.63, 3.8) is 0 Å². The van der Waals surface area contributed by atoms with Crippen molar-refractivity contribution in [2.24, 2.45) is 0 Å². The van der Waals surface area contributed by atoms with Crippen molar-refractivity contribution in [1.29, 1.82) is 0 Å². The van der Waals surface area contributed by atoms with Crippen molar-refractivity contribution in [2.75, 3.05) is 0 Å². The molecule has 1 unspecified atom stereocenters. The smallest absolute Gasteiger partial charge is 0.244 e. The van der Waals surface area contributed by atoms with Crippen LogP contribution in [0, 0.1) is 0 Å². The van der Waals surface area contributed by atoms with Crippen LogP contribution in [0.15, 0.2) is 85.2 Å². The molecule has 2 N–H and O–H groups in total. The minimum absolute atomic E-state index is 0.235. The number of rotatable bonds is 9. The number of hydrogen-bond acceptors (Lipinski definition) is 4. The highest BCUT2D eigenvalue weighted by atomic mass is 16.5. The number of benzene rings is 2. The molecular formula is C25H25N3O3. The maximum Gasteiger partial charge on any atom is 0.244 e. The molecular weight excluding hydrogens is 390 g/mol. The van der Waals surface area contributed by atoms with Crippen LogP contribution in [0.1, 0.15) is 23.6 Å². The van der Waals surface area contributed by atoms with Crippen molar-refractivity contribution < 1.29 is 14.3 Å². The molecule has 31 heavy (non-hydrogen) atoms. The normalized spacial score (nSPS) is 11.6. The lowest BCUT2D eigenvalue weighted by atomic mass is 10.2. The first kappa shape index (κ1) is 21.8. The molecule has 0 saturated carbocycles. The molecule has 0 aliphatic carbocycles. The number of amides is 2. The molecule has 0 aliphatic rings. The van der Waals surface area contributed by atoms with Gasteiger partial charge in [0.15, 0.2) is 0 Å². The third-order valence-electron chi connectivity index (χ3n) is 4.50. The van der Waals surface area contributed by atoms with Gasteiger partial charge in [0.25, 0.3) is 0 Å². The summed E-state index contributed by atoms with van der Waals surface area (Å²) in [6.07, 6.45) is 6.58. The van der Waals surface area contributed by atoms with Gasteiger partial charge in [-0.3, -0.25) is 14.6 Å². The Bertz CT molecular complexity index is 1000. The van der Waals surface area contributed by atoms with Crippen molar-refractivity contribution in [1.82, 2.24) is 15.6 Å². The monoisotopic (exact) mass is 415 g/mol. The van der Waals surface area contributed by atoms with E-state index in [1.54, 1.807) is 25.4 Å². The lowest BCUT2D eigenvalue weighted by Gasteiger charge is -2.13. The zero-order valence-corrected chi connectivity index (χ0v) is 17.3. The predicted molar refractivity (Wildman–Crippen MR) is 120 cm³/mol. The summed E-state index contributed by atoms with van der Waals surface area (Å²) in [6, 6.07) is 20.2. The van der Waals surface area contributed by atoms with Gasteiger partial charge in [0, 0.05) is 30.6 Å². The molecule has 0 bridgehead atoms. The van der Waals surface area contributed by atoms with E-state index in [9.17, 15) is 9.59 Å². The number of nitrogens with one attached hydrogen (secondary N) is 2. The number of ether oxygens (including phenoxy) is 1. The Labute approximate surface area is 182 Å². The van der Waals surface area contributed by atoms with Crippen LogP contribution in [-0.4, -0.2) is 22.8 Å². The summed E-state index contributed by atoms with van der Waals surface area (Å²) in [6.45, 7) is 2.51. The van der Waals surface area contributed by atoms with Crippen LogP contribution >= 0.6 is 0 Å². The third-order valence-corrected chi connectivity index (χ3v) is 4.50. The van der Waals surface area contributed by atoms with Crippen LogP contribution < -0.4 is 15.4 Å². The van der Waals surface area contributed by atoms with E-state index in [1.807, 2.05) is 66.7 Å². The highest BCUT2D eigenvalue weighted by molar-refractivity contribution is 5.95. The van der Waals surface area contributed by atoms with Gasteiger partial charge in [0.1, 0.15) is 18.4 Å². The number of hydrogen-bond donors (Lipinski definition) is 2. The van der Waals surface area contributed by atoms with Gasteiger partial charge in [-0.15, -0.1) is 0 Å². The summed E-state index contributed by atoms with van der Waals surface area (Å²) >= 11 is 0. The zero-order chi connectivity index (χ0) is 21.9. The number of pyridine rings is 1. The minimum Gasteiger partial charge on any atom is -0.489 e. The molecule has 3 rings (SSSR count). The molecule has 6 nitrogen and oxygen atoms in total. The molecule has 0 aliphatic heterocycles. The average molecular weight is 415 g/mol. The first-order valence-corrected chi connectivity index (χ1v) is 10.0. The van der Waals surface area contributed by atoms with Crippen molar-refractivity contribution in [3.8, 4) is 5.75 Å². The Kier molecular flexibility index (Phi) is 7.94. The second kappa shape index (κ2) is 11.3. The molecule has 3 aromatic rings. The third kappa shape index (κ3) is 7.44. The van der Waals surface area contributed by atoms with E-state index in [0.29, 0.717) is 13.2 Å². The fourth-order valence-corrected chi connectivity index (χ4v) is 2.76. The standard InChI is InChI=1S/C25H25N3O3/c1-19(25(30)27-17-21-6-3-2-4-7-21)28-24(29)14-11-20-9-12-23(13-10-20)31-18-22-8-5-15-26-16-22/h2-16,19H,17-18H2,1H3,(H,27,30)(H,28,29)/b14-11+. The number of carbonyl (C=O) groups is 2. The van der Waals surface area contributed by atoms with Gasteiger partial charge in [-0.05, 0) is 42.3 Å². The van der Waals surface area contributed by atoms with E-state index >= 15 is 0 Å². The first-order chi connectivity index (χ1) is 15.1. The molecule has 1 atom stereocenters. The number of nitrogens with zero attached hydrogens (tertiary/aromatic N) is 1. The Morgan fingerprint density at radius 2 is 1.74 bits per heavy atom. The van der Waals surface area contributed by atoms with Crippen molar-refractivity contribution in [2.45, 2.75) is 26.1 Å². The second-order valence-electron chi connectivity index (χ2n) is 6.99. The quantitative estimate of drug-likeness (QED) is 0.524. The highest BCUT2D eigenvalue weighted by Crippen LogP contribution is 2.15.